The standard InChI is InChI=1S/C19H29N7O4/c1-18(2,3)10-19(4,5)25-17(22-23-24-25)16(21-7-6-20)12-8-14-15(30-11-29-14)9-13(12)26(27)28/h8-9,16,21H,6-7,10-11,20H2,1-5H3. The minimum absolute atomic E-state index is 0.0210. The molecule has 11 nitrogen and oxygen atoms in total. The Morgan fingerprint density at radius 2 is 1.93 bits per heavy atom. The van der Waals surface area contributed by atoms with E-state index in [0.717, 1.165) is 6.42 Å². The first-order valence-electron chi connectivity index (χ1n) is 9.83. The summed E-state index contributed by atoms with van der Waals surface area (Å²) >= 11 is 0. The maximum atomic E-state index is 11.8. The van der Waals surface area contributed by atoms with Gasteiger partial charge in [-0.3, -0.25) is 10.1 Å². The van der Waals surface area contributed by atoms with Crippen molar-refractivity contribution in [3.63, 3.8) is 0 Å². The Kier molecular flexibility index (Phi) is 5.95. The van der Waals surface area contributed by atoms with Crippen LogP contribution >= 0.6 is 0 Å². The molecule has 1 aromatic carbocycles. The largest absolute Gasteiger partial charge is 0.454 e. The van der Waals surface area contributed by atoms with Crippen molar-refractivity contribution >= 4 is 5.69 Å². The van der Waals surface area contributed by atoms with Crippen LogP contribution in [0.3, 0.4) is 0 Å². The van der Waals surface area contributed by atoms with E-state index in [1.807, 2.05) is 13.8 Å². The molecule has 2 heterocycles. The topological polar surface area (TPSA) is 143 Å². The van der Waals surface area contributed by atoms with E-state index < -0.39 is 16.5 Å². The minimum Gasteiger partial charge on any atom is -0.454 e. The molecule has 0 fully saturated rings. The maximum absolute atomic E-state index is 11.8. The fourth-order valence-corrected chi connectivity index (χ4v) is 4.08. The number of nitrogens with one attached hydrogen (secondary N) is 1. The molecule has 1 aliphatic heterocycles. The number of nitrogens with zero attached hydrogens (tertiary/aromatic N) is 5. The number of fused-ring (bicyclic) bond motifs is 1. The predicted octanol–water partition coefficient (Wildman–Crippen LogP) is 2.12. The highest BCUT2D eigenvalue weighted by atomic mass is 16.7. The van der Waals surface area contributed by atoms with Crippen LogP contribution in [0, 0.1) is 15.5 Å². The summed E-state index contributed by atoms with van der Waals surface area (Å²) in [6.07, 6.45) is 0.797. The van der Waals surface area contributed by atoms with Crippen LogP contribution < -0.4 is 20.5 Å². The van der Waals surface area contributed by atoms with Crippen molar-refractivity contribution in [1.82, 2.24) is 25.5 Å². The van der Waals surface area contributed by atoms with Crippen molar-refractivity contribution in [2.24, 2.45) is 11.1 Å². The van der Waals surface area contributed by atoms with Crippen LogP contribution in [0.1, 0.15) is 58.5 Å². The minimum atomic E-state index is -0.655. The number of rotatable bonds is 8. The number of nitro benzene ring substituents is 1. The van der Waals surface area contributed by atoms with Crippen LogP contribution in [-0.4, -0.2) is 45.0 Å². The molecule has 3 N–H and O–H groups in total. The molecular weight excluding hydrogens is 390 g/mol. The Morgan fingerprint density at radius 3 is 2.53 bits per heavy atom. The van der Waals surface area contributed by atoms with Crippen molar-refractivity contribution in [2.75, 3.05) is 19.9 Å². The molecular formula is C19H29N7O4. The Hall–Kier alpha value is -2.79. The summed E-state index contributed by atoms with van der Waals surface area (Å²) in [6, 6.07) is 2.34. The molecule has 1 atom stereocenters. The molecule has 1 aromatic heterocycles. The molecule has 0 aliphatic carbocycles. The summed E-state index contributed by atoms with van der Waals surface area (Å²) < 4.78 is 12.5. The fourth-order valence-electron chi connectivity index (χ4n) is 4.08. The lowest BCUT2D eigenvalue weighted by Gasteiger charge is -2.34. The lowest BCUT2D eigenvalue weighted by Crippen LogP contribution is -2.37. The Balaban J connectivity index is 2.12. The molecule has 30 heavy (non-hydrogen) atoms. The zero-order chi connectivity index (χ0) is 22.1. The SMILES string of the molecule is CC(C)(C)CC(C)(C)n1nnnc1C(NCCN)c1cc2c(cc1[N+](=O)[O-])OCO2. The molecule has 1 unspecified atom stereocenters. The van der Waals surface area contributed by atoms with Gasteiger partial charge >= 0.3 is 0 Å². The van der Waals surface area contributed by atoms with Gasteiger partial charge in [0.25, 0.3) is 5.69 Å². The molecule has 0 bridgehead atoms. The highest BCUT2D eigenvalue weighted by Gasteiger charge is 2.36. The third-order valence-corrected chi connectivity index (χ3v) is 4.81. The molecule has 2 aromatic rings. The van der Waals surface area contributed by atoms with E-state index in [4.69, 9.17) is 15.2 Å². The molecule has 164 valence electrons. The van der Waals surface area contributed by atoms with Gasteiger partial charge in [0.15, 0.2) is 17.3 Å². The van der Waals surface area contributed by atoms with Gasteiger partial charge in [0.2, 0.25) is 6.79 Å². The zero-order valence-electron chi connectivity index (χ0n) is 18.0. The summed E-state index contributed by atoms with van der Waals surface area (Å²) in [7, 11) is 0. The summed E-state index contributed by atoms with van der Waals surface area (Å²) in [4.78, 5) is 11.4. The van der Waals surface area contributed by atoms with E-state index in [1.165, 1.54) is 6.07 Å². The van der Waals surface area contributed by atoms with Gasteiger partial charge in [-0.2, -0.15) is 0 Å². The third kappa shape index (κ3) is 4.51. The average Bonchev–Trinajstić information content (AvgIpc) is 3.28. The Morgan fingerprint density at radius 1 is 1.27 bits per heavy atom. The first-order valence-corrected chi connectivity index (χ1v) is 9.83. The summed E-state index contributed by atoms with van der Waals surface area (Å²) in [5.74, 6) is 1.26. The molecule has 0 saturated carbocycles. The van der Waals surface area contributed by atoms with Crippen LogP contribution in [0.4, 0.5) is 5.69 Å². The fraction of sp³-hybridized carbons (Fsp3) is 0.632. The monoisotopic (exact) mass is 419 g/mol. The molecule has 0 radical (unpaired) electrons. The molecule has 3 rings (SSSR count). The van der Waals surface area contributed by atoms with Gasteiger partial charge in [-0.1, -0.05) is 20.8 Å². The van der Waals surface area contributed by atoms with Crippen molar-refractivity contribution in [3.8, 4) is 11.5 Å². The van der Waals surface area contributed by atoms with Gasteiger partial charge in [-0.25, -0.2) is 4.68 Å². The van der Waals surface area contributed by atoms with E-state index in [0.29, 0.717) is 36.0 Å². The average molecular weight is 419 g/mol. The second-order valence-corrected chi connectivity index (χ2v) is 9.20. The number of benzene rings is 1. The highest BCUT2D eigenvalue weighted by molar-refractivity contribution is 5.57. The summed E-state index contributed by atoms with van der Waals surface area (Å²) in [5.41, 5.74) is 5.59. The van der Waals surface area contributed by atoms with E-state index in [-0.39, 0.29) is 17.9 Å². The molecule has 1 aliphatic rings. The number of ether oxygens (including phenoxy) is 2. The van der Waals surface area contributed by atoms with Crippen LogP contribution in [0.5, 0.6) is 11.5 Å². The van der Waals surface area contributed by atoms with Crippen molar-refractivity contribution in [2.45, 2.75) is 52.6 Å². The van der Waals surface area contributed by atoms with E-state index in [1.54, 1.807) is 10.7 Å². The number of nitrogens with two attached hydrogens (primary N) is 1. The molecule has 0 spiro atoms. The lowest BCUT2D eigenvalue weighted by molar-refractivity contribution is -0.385. The van der Waals surface area contributed by atoms with E-state index in [9.17, 15) is 10.1 Å². The quantitative estimate of drug-likeness (QED) is 0.485. The number of tetrazole rings is 1. The zero-order valence-corrected chi connectivity index (χ0v) is 18.0. The second kappa shape index (κ2) is 8.15. The third-order valence-electron chi connectivity index (χ3n) is 4.81. The highest BCUT2D eigenvalue weighted by Crippen LogP contribution is 2.42. The van der Waals surface area contributed by atoms with Crippen molar-refractivity contribution < 1.29 is 14.4 Å². The summed E-state index contributed by atoms with van der Waals surface area (Å²) in [5, 5.41) is 27.5. The molecule has 11 heteroatoms. The lowest BCUT2D eigenvalue weighted by atomic mass is 9.81. The van der Waals surface area contributed by atoms with Crippen molar-refractivity contribution in [3.05, 3.63) is 33.6 Å². The number of hydrogen-bond donors (Lipinski definition) is 2. The van der Waals surface area contributed by atoms with Crippen molar-refractivity contribution in [1.29, 1.82) is 0 Å². The van der Waals surface area contributed by atoms with E-state index >= 15 is 0 Å². The van der Waals surface area contributed by atoms with Crippen LogP contribution in [0.15, 0.2) is 12.1 Å². The van der Waals surface area contributed by atoms with Gasteiger partial charge in [-0.05, 0) is 42.2 Å². The van der Waals surface area contributed by atoms with Gasteiger partial charge in [0.05, 0.1) is 22.1 Å². The van der Waals surface area contributed by atoms with Gasteiger partial charge in [0.1, 0.15) is 6.04 Å². The van der Waals surface area contributed by atoms with Gasteiger partial charge in [0, 0.05) is 13.1 Å². The Bertz CT molecular complexity index is 920. The number of hydrogen-bond acceptors (Lipinski definition) is 9. The molecule has 0 amide bonds. The van der Waals surface area contributed by atoms with Gasteiger partial charge in [-0.15, -0.1) is 5.10 Å². The normalized spacial score (nSPS) is 14.7. The number of nitro groups is 1. The first-order chi connectivity index (χ1) is 14.0. The first kappa shape index (κ1) is 21.9. The van der Waals surface area contributed by atoms with Gasteiger partial charge < -0.3 is 20.5 Å². The smallest absolute Gasteiger partial charge is 0.278 e. The summed E-state index contributed by atoms with van der Waals surface area (Å²) in [6.45, 7) is 11.3. The van der Waals surface area contributed by atoms with Crippen LogP contribution in [-0.2, 0) is 5.54 Å². The maximum Gasteiger partial charge on any atom is 0.278 e. The van der Waals surface area contributed by atoms with Crippen LogP contribution in [0.2, 0.25) is 0 Å². The molecule has 0 saturated heterocycles. The number of aromatic nitrogens is 4. The van der Waals surface area contributed by atoms with Crippen LogP contribution in [0.25, 0.3) is 0 Å². The Labute approximate surface area is 175 Å². The predicted molar refractivity (Wildman–Crippen MR) is 109 cm³/mol. The van der Waals surface area contributed by atoms with E-state index in [2.05, 4.69) is 41.6 Å². The second-order valence-electron chi connectivity index (χ2n) is 9.20.